The van der Waals surface area contributed by atoms with E-state index in [1.54, 1.807) is 13.8 Å². The molecular formula is C6H10N4O2. The minimum atomic E-state index is -0.352. The van der Waals surface area contributed by atoms with Crippen molar-refractivity contribution in [3.8, 4) is 0 Å². The monoisotopic (exact) mass is 170 g/mol. The van der Waals surface area contributed by atoms with E-state index in [9.17, 15) is 4.79 Å². The van der Waals surface area contributed by atoms with Crippen LogP contribution in [0.1, 0.15) is 12.7 Å². The van der Waals surface area contributed by atoms with Crippen molar-refractivity contribution in [2.75, 3.05) is 6.61 Å². The minimum Gasteiger partial charge on any atom is -0.465 e. The first-order valence-electron chi connectivity index (χ1n) is 3.62. The molecule has 6 heteroatoms. The Bertz CT molecular complexity index is 270. The maximum absolute atomic E-state index is 10.9. The van der Waals surface area contributed by atoms with Gasteiger partial charge >= 0.3 is 5.97 Å². The van der Waals surface area contributed by atoms with Gasteiger partial charge in [0.05, 0.1) is 6.61 Å². The molecule has 0 radical (unpaired) electrons. The highest BCUT2D eigenvalue weighted by atomic mass is 16.5. The van der Waals surface area contributed by atoms with Gasteiger partial charge in [-0.15, -0.1) is 10.2 Å². The largest absolute Gasteiger partial charge is 0.465 e. The van der Waals surface area contributed by atoms with Gasteiger partial charge in [0.2, 0.25) is 0 Å². The van der Waals surface area contributed by atoms with E-state index in [4.69, 9.17) is 0 Å². The number of esters is 1. The first-order valence-corrected chi connectivity index (χ1v) is 3.62. The van der Waals surface area contributed by atoms with Gasteiger partial charge in [-0.3, -0.25) is 0 Å². The number of aryl methyl sites for hydroxylation is 1. The molecule has 0 amide bonds. The summed E-state index contributed by atoms with van der Waals surface area (Å²) in [4.78, 5) is 12.1. The zero-order valence-electron chi connectivity index (χ0n) is 7.02. The van der Waals surface area contributed by atoms with Gasteiger partial charge in [0.1, 0.15) is 0 Å². The van der Waals surface area contributed by atoms with Crippen LogP contribution in [0.3, 0.4) is 0 Å². The van der Waals surface area contributed by atoms with Crippen molar-refractivity contribution in [2.24, 2.45) is 0 Å². The summed E-state index contributed by atoms with van der Waals surface area (Å²) in [7, 11) is 0. The number of ether oxygens (including phenoxy) is 1. The molecule has 1 aromatic heterocycles. The van der Waals surface area contributed by atoms with Gasteiger partial charge in [0.15, 0.2) is 12.4 Å². The van der Waals surface area contributed by atoms with Gasteiger partial charge in [-0.1, -0.05) is 0 Å². The minimum absolute atomic E-state index is 0.0225. The van der Waals surface area contributed by atoms with Crippen LogP contribution in [0.15, 0.2) is 0 Å². The molecule has 0 unspecified atom stereocenters. The molecule has 0 aliphatic heterocycles. The highest BCUT2D eigenvalue weighted by molar-refractivity contribution is 5.68. The zero-order valence-corrected chi connectivity index (χ0v) is 7.02. The number of nitrogens with zero attached hydrogens (tertiary/aromatic N) is 4. The van der Waals surface area contributed by atoms with E-state index in [0.29, 0.717) is 12.4 Å². The molecule has 66 valence electrons. The normalized spacial score (nSPS) is 9.83. The zero-order chi connectivity index (χ0) is 8.97. The number of carbonyl (C=O) groups excluding carboxylic acids is 1. The second-order valence-corrected chi connectivity index (χ2v) is 2.17. The third-order valence-corrected chi connectivity index (χ3v) is 1.13. The van der Waals surface area contributed by atoms with Crippen molar-refractivity contribution in [3.05, 3.63) is 5.82 Å². The predicted octanol–water partition coefficient (Wildman–Crippen LogP) is -0.455. The van der Waals surface area contributed by atoms with Crippen LogP contribution in [-0.2, 0) is 16.1 Å². The van der Waals surface area contributed by atoms with Gasteiger partial charge in [-0.25, -0.2) is 4.79 Å². The second kappa shape index (κ2) is 3.80. The molecule has 0 bridgehead atoms. The van der Waals surface area contributed by atoms with Gasteiger partial charge in [0, 0.05) is 0 Å². The molecule has 0 spiro atoms. The first-order chi connectivity index (χ1) is 5.72. The van der Waals surface area contributed by atoms with Crippen LogP contribution in [0.2, 0.25) is 0 Å². The van der Waals surface area contributed by atoms with Crippen molar-refractivity contribution in [1.29, 1.82) is 0 Å². The summed E-state index contributed by atoms with van der Waals surface area (Å²) >= 11 is 0. The fourth-order valence-corrected chi connectivity index (χ4v) is 0.712. The predicted molar refractivity (Wildman–Crippen MR) is 39.2 cm³/mol. The van der Waals surface area contributed by atoms with E-state index in [-0.39, 0.29) is 12.5 Å². The van der Waals surface area contributed by atoms with Crippen molar-refractivity contribution in [3.63, 3.8) is 0 Å². The molecule has 0 aliphatic rings. The van der Waals surface area contributed by atoms with Crippen LogP contribution in [-0.4, -0.2) is 32.8 Å². The molecular weight excluding hydrogens is 160 g/mol. The van der Waals surface area contributed by atoms with Crippen LogP contribution in [0.25, 0.3) is 0 Å². The quantitative estimate of drug-likeness (QED) is 0.574. The Kier molecular flexibility index (Phi) is 2.73. The molecule has 0 atom stereocenters. The standard InChI is InChI=1S/C6H10N4O2/c1-3-12-6(11)4-10-8-5(2)7-9-10/h3-4H2,1-2H3. The molecule has 0 aromatic carbocycles. The van der Waals surface area contributed by atoms with Crippen molar-refractivity contribution in [1.82, 2.24) is 20.2 Å². The Morgan fingerprint density at radius 2 is 2.42 bits per heavy atom. The molecule has 0 fully saturated rings. The van der Waals surface area contributed by atoms with Crippen LogP contribution in [0.4, 0.5) is 0 Å². The topological polar surface area (TPSA) is 69.9 Å². The molecule has 0 saturated heterocycles. The SMILES string of the molecule is CCOC(=O)Cn1nnc(C)n1. The van der Waals surface area contributed by atoms with E-state index in [1.165, 1.54) is 4.80 Å². The maximum atomic E-state index is 10.9. The summed E-state index contributed by atoms with van der Waals surface area (Å²) in [5.41, 5.74) is 0. The average molecular weight is 170 g/mol. The molecule has 1 aromatic rings. The van der Waals surface area contributed by atoms with Crippen molar-refractivity contribution < 1.29 is 9.53 Å². The van der Waals surface area contributed by atoms with E-state index in [1.807, 2.05) is 0 Å². The highest BCUT2D eigenvalue weighted by Gasteiger charge is 2.05. The van der Waals surface area contributed by atoms with E-state index in [2.05, 4.69) is 20.1 Å². The summed E-state index contributed by atoms with van der Waals surface area (Å²) in [6.45, 7) is 3.84. The third-order valence-electron chi connectivity index (χ3n) is 1.13. The Balaban J connectivity index is 2.46. The lowest BCUT2D eigenvalue weighted by atomic mass is 10.7. The lowest BCUT2D eigenvalue weighted by molar-refractivity contribution is -0.144. The summed E-state index contributed by atoms with van der Waals surface area (Å²) in [6.07, 6.45) is 0. The molecule has 1 heterocycles. The summed E-state index contributed by atoms with van der Waals surface area (Å²) in [5.74, 6) is 0.189. The van der Waals surface area contributed by atoms with Crippen molar-refractivity contribution >= 4 is 5.97 Å². The Labute approximate surface area is 69.5 Å². The molecule has 12 heavy (non-hydrogen) atoms. The Hall–Kier alpha value is -1.46. The molecule has 0 aliphatic carbocycles. The smallest absolute Gasteiger partial charge is 0.329 e. The molecule has 0 N–H and O–H groups in total. The van der Waals surface area contributed by atoms with E-state index < -0.39 is 0 Å². The van der Waals surface area contributed by atoms with E-state index in [0.717, 1.165) is 0 Å². The number of hydrogen-bond acceptors (Lipinski definition) is 5. The lowest BCUT2D eigenvalue weighted by Crippen LogP contribution is -2.15. The summed E-state index contributed by atoms with van der Waals surface area (Å²) < 4.78 is 4.69. The van der Waals surface area contributed by atoms with Crippen LogP contribution >= 0.6 is 0 Å². The number of rotatable bonds is 3. The summed E-state index contributed by atoms with van der Waals surface area (Å²) in [5, 5.41) is 11.0. The van der Waals surface area contributed by atoms with Gasteiger partial charge < -0.3 is 4.74 Å². The van der Waals surface area contributed by atoms with Gasteiger partial charge in [-0.05, 0) is 19.1 Å². The first kappa shape index (κ1) is 8.63. The van der Waals surface area contributed by atoms with Crippen LogP contribution in [0.5, 0.6) is 0 Å². The second-order valence-electron chi connectivity index (χ2n) is 2.17. The fraction of sp³-hybridized carbons (Fsp3) is 0.667. The van der Waals surface area contributed by atoms with Gasteiger partial charge in [-0.2, -0.15) is 4.80 Å². The Morgan fingerprint density at radius 1 is 1.67 bits per heavy atom. The highest BCUT2D eigenvalue weighted by Crippen LogP contribution is 1.85. The van der Waals surface area contributed by atoms with Crippen LogP contribution < -0.4 is 0 Å². The van der Waals surface area contributed by atoms with Crippen molar-refractivity contribution in [2.45, 2.75) is 20.4 Å². The molecule has 1 rings (SSSR count). The third kappa shape index (κ3) is 2.30. The average Bonchev–Trinajstić information content (AvgIpc) is 2.36. The fourth-order valence-electron chi connectivity index (χ4n) is 0.712. The van der Waals surface area contributed by atoms with E-state index >= 15 is 0 Å². The number of tetrazole rings is 1. The lowest BCUT2D eigenvalue weighted by Gasteiger charge is -1.98. The summed E-state index contributed by atoms with van der Waals surface area (Å²) in [6, 6.07) is 0. The number of carbonyl (C=O) groups is 1. The van der Waals surface area contributed by atoms with Gasteiger partial charge in [0.25, 0.3) is 0 Å². The van der Waals surface area contributed by atoms with Crippen LogP contribution in [0, 0.1) is 6.92 Å². The maximum Gasteiger partial charge on any atom is 0.329 e. The molecule has 0 saturated carbocycles. The molecule has 6 nitrogen and oxygen atoms in total. The Morgan fingerprint density at radius 3 is 2.92 bits per heavy atom. The number of hydrogen-bond donors (Lipinski definition) is 0. The number of aromatic nitrogens is 4.